The van der Waals surface area contributed by atoms with E-state index in [9.17, 15) is 18.0 Å². The van der Waals surface area contributed by atoms with Crippen molar-refractivity contribution in [1.29, 1.82) is 0 Å². The van der Waals surface area contributed by atoms with Crippen molar-refractivity contribution < 1.29 is 18.0 Å². The van der Waals surface area contributed by atoms with Gasteiger partial charge < -0.3 is 10.2 Å². The lowest BCUT2D eigenvalue weighted by molar-refractivity contribution is -0.139. The summed E-state index contributed by atoms with van der Waals surface area (Å²) in [5.41, 5.74) is 1.76. The number of nitrogens with one attached hydrogen (secondary N) is 1. The van der Waals surface area contributed by atoms with E-state index >= 15 is 0 Å². The second kappa shape index (κ2) is 13.8. The number of anilines is 1. The average Bonchev–Trinajstić information content (AvgIpc) is 2.91. The van der Waals surface area contributed by atoms with Gasteiger partial charge in [0.15, 0.2) is 0 Å². The molecule has 0 radical (unpaired) electrons. The van der Waals surface area contributed by atoms with Gasteiger partial charge in [0.05, 0.1) is 10.6 Å². The molecule has 0 bridgehead atoms. The number of carbonyl (C=O) groups excluding carboxylic acids is 2. The molecule has 0 saturated heterocycles. The maximum atomic E-state index is 13.9. The Morgan fingerprint density at radius 2 is 1.67 bits per heavy atom. The van der Waals surface area contributed by atoms with Crippen LogP contribution in [0.4, 0.5) is 5.69 Å². The molecule has 3 rings (SSSR count). The zero-order valence-electron chi connectivity index (χ0n) is 22.2. The Morgan fingerprint density at radius 1 is 0.974 bits per heavy atom. The first-order chi connectivity index (χ1) is 18.5. The molecule has 7 nitrogen and oxygen atoms in total. The number of hydrogen-bond acceptors (Lipinski definition) is 4. The highest BCUT2D eigenvalue weighted by Crippen LogP contribution is 2.27. The van der Waals surface area contributed by atoms with Crippen LogP contribution in [-0.4, -0.2) is 44.3 Å². The van der Waals surface area contributed by atoms with Crippen LogP contribution in [0.5, 0.6) is 0 Å². The molecule has 3 aromatic rings. The summed E-state index contributed by atoms with van der Waals surface area (Å²) in [5.74, 6) is -0.900. The normalized spacial score (nSPS) is 12.0. The predicted octanol–water partition coefficient (Wildman–Crippen LogP) is 5.83. The zero-order chi connectivity index (χ0) is 28.6. The van der Waals surface area contributed by atoms with Crippen LogP contribution >= 0.6 is 23.2 Å². The molecule has 1 atom stereocenters. The molecule has 39 heavy (non-hydrogen) atoms. The molecule has 0 aliphatic carbocycles. The molecule has 0 fully saturated rings. The first-order valence-corrected chi connectivity index (χ1v) is 14.9. The van der Waals surface area contributed by atoms with Gasteiger partial charge in [-0.1, -0.05) is 78.5 Å². The largest absolute Gasteiger partial charge is 0.354 e. The van der Waals surface area contributed by atoms with E-state index in [1.807, 2.05) is 13.8 Å². The smallest absolute Gasteiger partial charge is 0.264 e. The van der Waals surface area contributed by atoms with E-state index in [1.165, 1.54) is 23.1 Å². The second-order valence-corrected chi connectivity index (χ2v) is 11.9. The van der Waals surface area contributed by atoms with Crippen molar-refractivity contribution in [2.75, 3.05) is 17.4 Å². The Labute approximate surface area is 240 Å². The summed E-state index contributed by atoms with van der Waals surface area (Å²) in [5, 5.41) is 3.62. The molecule has 1 N–H and O–H groups in total. The fourth-order valence-electron chi connectivity index (χ4n) is 3.93. The van der Waals surface area contributed by atoms with Crippen molar-refractivity contribution in [3.8, 4) is 0 Å². The summed E-state index contributed by atoms with van der Waals surface area (Å²) in [7, 11) is -4.16. The Morgan fingerprint density at radius 3 is 2.31 bits per heavy atom. The SMILES string of the molecule is CCCCNC(=O)C(C)N(Cc1ccccc1Cl)C(=O)CN(c1cccc(Cl)c1)S(=O)(=O)c1ccc(C)cc1. The van der Waals surface area contributed by atoms with Gasteiger partial charge in [-0.3, -0.25) is 13.9 Å². The molecule has 0 spiro atoms. The van der Waals surface area contributed by atoms with Crippen LogP contribution in [0.3, 0.4) is 0 Å². The third kappa shape index (κ3) is 7.97. The van der Waals surface area contributed by atoms with Gasteiger partial charge >= 0.3 is 0 Å². The number of unbranched alkanes of at least 4 members (excludes halogenated alkanes) is 1. The summed E-state index contributed by atoms with van der Waals surface area (Å²) < 4.78 is 28.7. The van der Waals surface area contributed by atoms with Crippen LogP contribution in [0.1, 0.15) is 37.8 Å². The van der Waals surface area contributed by atoms with Gasteiger partial charge in [-0.25, -0.2) is 8.42 Å². The van der Waals surface area contributed by atoms with Crippen LogP contribution in [0.15, 0.2) is 77.7 Å². The summed E-state index contributed by atoms with van der Waals surface area (Å²) in [4.78, 5) is 28.3. The highest BCUT2D eigenvalue weighted by molar-refractivity contribution is 7.92. The molecule has 0 aliphatic rings. The average molecular weight is 591 g/mol. The fourth-order valence-corrected chi connectivity index (χ4v) is 5.71. The van der Waals surface area contributed by atoms with Gasteiger partial charge in [0.1, 0.15) is 12.6 Å². The van der Waals surface area contributed by atoms with Crippen molar-refractivity contribution in [3.05, 3.63) is 94.0 Å². The molecule has 3 aromatic carbocycles. The molecule has 2 amide bonds. The van der Waals surface area contributed by atoms with Crippen molar-refractivity contribution >= 4 is 50.7 Å². The maximum absolute atomic E-state index is 13.9. The second-order valence-electron chi connectivity index (χ2n) is 9.24. The first-order valence-electron chi connectivity index (χ1n) is 12.7. The van der Waals surface area contributed by atoms with Crippen LogP contribution in [0, 0.1) is 6.92 Å². The summed E-state index contributed by atoms with van der Waals surface area (Å²) in [6.45, 7) is 5.44. The van der Waals surface area contributed by atoms with Crippen molar-refractivity contribution in [2.45, 2.75) is 51.1 Å². The number of rotatable bonds is 12. The maximum Gasteiger partial charge on any atom is 0.264 e. The number of aryl methyl sites for hydroxylation is 1. The van der Waals surface area contributed by atoms with E-state index in [0.29, 0.717) is 22.2 Å². The lowest BCUT2D eigenvalue weighted by Gasteiger charge is -2.32. The third-order valence-electron chi connectivity index (χ3n) is 6.28. The van der Waals surface area contributed by atoms with Crippen molar-refractivity contribution in [2.24, 2.45) is 0 Å². The summed E-state index contributed by atoms with van der Waals surface area (Å²) in [6, 6.07) is 18.8. The zero-order valence-corrected chi connectivity index (χ0v) is 24.6. The van der Waals surface area contributed by atoms with E-state index < -0.39 is 28.5 Å². The molecular weight excluding hydrogens is 557 g/mol. The highest BCUT2D eigenvalue weighted by Gasteiger charge is 2.32. The minimum atomic E-state index is -4.16. The van der Waals surface area contributed by atoms with Crippen molar-refractivity contribution in [3.63, 3.8) is 0 Å². The number of nitrogens with zero attached hydrogens (tertiary/aromatic N) is 2. The summed E-state index contributed by atoms with van der Waals surface area (Å²) >= 11 is 12.6. The monoisotopic (exact) mass is 589 g/mol. The van der Waals surface area contributed by atoms with E-state index in [0.717, 1.165) is 22.7 Å². The molecule has 0 heterocycles. The predicted molar refractivity (Wildman–Crippen MR) is 157 cm³/mol. The van der Waals surface area contributed by atoms with E-state index in [2.05, 4.69) is 5.32 Å². The highest BCUT2D eigenvalue weighted by atomic mass is 35.5. The Balaban J connectivity index is 2.01. The number of sulfonamides is 1. The number of amides is 2. The van der Waals surface area contributed by atoms with Crippen LogP contribution in [-0.2, 0) is 26.2 Å². The van der Waals surface area contributed by atoms with Crippen LogP contribution in [0.2, 0.25) is 10.0 Å². The molecule has 1 unspecified atom stereocenters. The lowest BCUT2D eigenvalue weighted by atomic mass is 10.1. The third-order valence-corrected chi connectivity index (χ3v) is 8.67. The number of halogens is 2. The minimum Gasteiger partial charge on any atom is -0.354 e. The quantitative estimate of drug-likeness (QED) is 0.269. The lowest BCUT2D eigenvalue weighted by Crippen LogP contribution is -2.51. The van der Waals surface area contributed by atoms with E-state index in [1.54, 1.807) is 61.5 Å². The minimum absolute atomic E-state index is 0.0227. The van der Waals surface area contributed by atoms with Gasteiger partial charge in [-0.2, -0.15) is 0 Å². The van der Waals surface area contributed by atoms with Gasteiger partial charge in [-0.05, 0) is 62.2 Å². The van der Waals surface area contributed by atoms with Crippen molar-refractivity contribution in [1.82, 2.24) is 10.2 Å². The fraction of sp³-hybridized carbons (Fsp3) is 0.310. The molecule has 0 aromatic heterocycles. The molecular formula is C29H33Cl2N3O4S. The number of hydrogen-bond donors (Lipinski definition) is 1. The summed E-state index contributed by atoms with van der Waals surface area (Å²) in [6.07, 6.45) is 1.71. The van der Waals surface area contributed by atoms with Gasteiger partial charge in [0.25, 0.3) is 10.0 Å². The molecule has 208 valence electrons. The molecule has 0 aliphatic heterocycles. The number of benzene rings is 3. The van der Waals surface area contributed by atoms with Gasteiger partial charge in [0.2, 0.25) is 11.8 Å². The van der Waals surface area contributed by atoms with Gasteiger partial charge in [-0.15, -0.1) is 0 Å². The Hall–Kier alpha value is -3.07. The topological polar surface area (TPSA) is 86.8 Å². The van der Waals surface area contributed by atoms with Gasteiger partial charge in [0, 0.05) is 23.1 Å². The van der Waals surface area contributed by atoms with Crippen LogP contribution in [0.25, 0.3) is 0 Å². The standard InChI is InChI=1S/C29H33Cl2N3O4S/c1-4-5-17-32-29(36)22(3)33(19-23-9-6-7-12-27(23)31)28(35)20-34(25-11-8-10-24(30)18-25)39(37,38)26-15-13-21(2)14-16-26/h6-16,18,22H,4-5,17,19-20H2,1-3H3,(H,32,36). The van der Waals surface area contributed by atoms with Crippen LogP contribution < -0.4 is 9.62 Å². The molecule has 10 heteroatoms. The van der Waals surface area contributed by atoms with E-state index in [-0.39, 0.29) is 23.0 Å². The Bertz CT molecular complexity index is 1400. The molecule has 0 saturated carbocycles. The Kier molecular flexibility index (Phi) is 10.8. The first kappa shape index (κ1) is 30.5. The number of carbonyl (C=O) groups is 2. The van der Waals surface area contributed by atoms with E-state index in [4.69, 9.17) is 23.2 Å².